The fraction of sp³-hybridized carbons (Fsp3) is 0.600. The molecule has 0 aromatic rings. The van der Waals surface area contributed by atoms with Crippen molar-refractivity contribution >= 4 is 23.9 Å². The minimum Gasteiger partial charge on any atom is -0.481 e. The number of hydrogen-bond donors (Lipinski definition) is 6. The second-order valence-corrected chi connectivity index (χ2v) is 3.15. The third kappa shape index (κ3) is 56.2. The van der Waals surface area contributed by atoms with Crippen molar-refractivity contribution in [2.75, 3.05) is 13.1 Å². The normalized spacial score (nSPS) is 7.90. The number of rotatable bonds is 7. The van der Waals surface area contributed by atoms with Gasteiger partial charge in [-0.05, 0) is 0 Å². The first kappa shape index (κ1) is 27.6. The summed E-state index contributed by atoms with van der Waals surface area (Å²) >= 11 is 0. The molecule has 0 heterocycles. The first-order chi connectivity index (χ1) is 9.17. The number of carboxylic acids is 4. The van der Waals surface area contributed by atoms with Crippen LogP contribution in [0.4, 0.5) is 0 Å². The maximum Gasteiger partial charge on any atom is 0.303 e. The average Bonchev–Trinajstić information content (AvgIpc) is 2.35. The molecule has 10 nitrogen and oxygen atoms in total. The molecule has 0 amide bonds. The first-order valence-electron chi connectivity index (χ1n) is 5.44. The Morgan fingerprint density at radius 1 is 0.571 bits per heavy atom. The summed E-state index contributed by atoms with van der Waals surface area (Å²) in [4.78, 5) is 38.6. The molecule has 0 aliphatic carbocycles. The summed E-state index contributed by atoms with van der Waals surface area (Å²) in [5.41, 5.74) is 9.81. The van der Waals surface area contributed by atoms with Crippen LogP contribution in [-0.4, -0.2) is 57.4 Å². The van der Waals surface area contributed by atoms with E-state index in [1.54, 1.807) is 0 Å². The van der Waals surface area contributed by atoms with E-state index in [2.05, 4.69) is 0 Å². The van der Waals surface area contributed by atoms with Gasteiger partial charge >= 0.3 is 23.9 Å². The number of hydrogen-bond acceptors (Lipinski definition) is 6. The summed E-state index contributed by atoms with van der Waals surface area (Å²) in [6.07, 6.45) is -1.19. The van der Waals surface area contributed by atoms with Crippen molar-refractivity contribution in [3.8, 4) is 0 Å². The van der Waals surface area contributed by atoms with E-state index in [9.17, 15) is 19.2 Å². The van der Waals surface area contributed by atoms with Crippen molar-refractivity contribution in [1.82, 2.24) is 0 Å². The summed E-state index contributed by atoms with van der Waals surface area (Å²) in [6.45, 7) is 1.19. The van der Waals surface area contributed by atoms with Crippen LogP contribution in [0.25, 0.3) is 0 Å². The van der Waals surface area contributed by atoms with Crippen molar-refractivity contribution in [1.29, 1.82) is 0 Å². The zero-order valence-corrected chi connectivity index (χ0v) is 12.3. The van der Waals surface area contributed by atoms with E-state index in [4.69, 9.17) is 31.9 Å². The van der Waals surface area contributed by atoms with Gasteiger partial charge in [0.05, 0.1) is 25.7 Å². The first-order valence-corrected chi connectivity index (χ1v) is 5.44. The van der Waals surface area contributed by atoms with Crippen molar-refractivity contribution in [2.24, 2.45) is 11.5 Å². The van der Waals surface area contributed by atoms with Crippen LogP contribution in [-0.2, 0) is 36.2 Å². The molecule has 0 radical (unpaired) electrons. The molecule has 11 heteroatoms. The van der Waals surface area contributed by atoms with Crippen LogP contribution in [0, 0.1) is 0 Å². The van der Waals surface area contributed by atoms with Gasteiger partial charge in [-0.2, -0.15) is 0 Å². The smallest absolute Gasteiger partial charge is 0.303 e. The Morgan fingerprint density at radius 3 is 0.762 bits per heavy atom. The molecule has 0 aromatic heterocycles. The summed E-state index contributed by atoms with van der Waals surface area (Å²) < 4.78 is 0. The van der Waals surface area contributed by atoms with Gasteiger partial charge in [-0.1, -0.05) is 0 Å². The van der Waals surface area contributed by atoms with E-state index in [0.29, 0.717) is 13.1 Å². The van der Waals surface area contributed by atoms with Gasteiger partial charge in [0.15, 0.2) is 0 Å². The molecule has 0 atom stereocenters. The minimum atomic E-state index is -1.08. The van der Waals surface area contributed by atoms with Crippen LogP contribution >= 0.6 is 0 Å². The van der Waals surface area contributed by atoms with Crippen LogP contribution in [0.2, 0.25) is 0 Å². The molecule has 21 heavy (non-hydrogen) atoms. The number of carboxylic acid groups (broad SMARTS) is 4. The Labute approximate surface area is 131 Å². The van der Waals surface area contributed by atoms with Crippen molar-refractivity contribution in [2.45, 2.75) is 25.7 Å². The van der Waals surface area contributed by atoms with E-state index in [1.165, 1.54) is 0 Å². The van der Waals surface area contributed by atoms with Gasteiger partial charge in [-0.25, -0.2) is 0 Å². The van der Waals surface area contributed by atoms with Crippen LogP contribution < -0.4 is 11.5 Å². The van der Waals surface area contributed by atoms with Crippen molar-refractivity contribution in [3.63, 3.8) is 0 Å². The third-order valence-electron chi connectivity index (χ3n) is 1.27. The van der Waals surface area contributed by atoms with Gasteiger partial charge in [0, 0.05) is 30.2 Å². The summed E-state index contributed by atoms with van der Waals surface area (Å²) in [7, 11) is 0. The van der Waals surface area contributed by atoms with E-state index < -0.39 is 23.9 Å². The molecular formula is C10H20FeN2O8. The van der Waals surface area contributed by atoms with Crippen LogP contribution in [0.3, 0.4) is 0 Å². The maximum absolute atomic E-state index is 9.64. The van der Waals surface area contributed by atoms with Gasteiger partial charge < -0.3 is 31.9 Å². The average molecular weight is 352 g/mol. The zero-order chi connectivity index (χ0) is 16.6. The molecule has 0 saturated carbocycles. The molecule has 0 bridgehead atoms. The van der Waals surface area contributed by atoms with E-state index in [0.717, 1.165) is 0 Å². The van der Waals surface area contributed by atoms with E-state index in [-0.39, 0.29) is 42.8 Å². The van der Waals surface area contributed by atoms with Crippen LogP contribution in [0.5, 0.6) is 0 Å². The third-order valence-corrected chi connectivity index (χ3v) is 1.27. The Morgan fingerprint density at radius 2 is 0.714 bits per heavy atom. The Kier molecular flexibility index (Phi) is 27.1. The van der Waals surface area contributed by atoms with Gasteiger partial charge in [0.1, 0.15) is 0 Å². The van der Waals surface area contributed by atoms with Gasteiger partial charge in [-0.3, -0.25) is 19.2 Å². The standard InChI is InChI=1S/2C4H6O4.C2H8N2.Fe/c2*5-3(6)1-2-4(7)8;3-1-2-4;/h2*1-2H2,(H,5,6)(H,7,8);1-4H2;. The van der Waals surface area contributed by atoms with Crippen molar-refractivity contribution in [3.05, 3.63) is 0 Å². The van der Waals surface area contributed by atoms with Gasteiger partial charge in [-0.15, -0.1) is 0 Å². The summed E-state index contributed by atoms with van der Waals surface area (Å²) in [6, 6.07) is 0. The number of nitrogens with two attached hydrogens (primary N) is 2. The molecule has 126 valence electrons. The van der Waals surface area contributed by atoms with E-state index in [1.807, 2.05) is 0 Å². The molecule has 0 saturated heterocycles. The predicted molar refractivity (Wildman–Crippen MR) is 67.1 cm³/mol. The van der Waals surface area contributed by atoms with Crippen LogP contribution in [0.15, 0.2) is 0 Å². The maximum atomic E-state index is 9.64. The quantitative estimate of drug-likeness (QED) is 0.301. The predicted octanol–water partition coefficient (Wildman–Crippen LogP) is -1.23. The molecule has 0 aliphatic heterocycles. The minimum absolute atomic E-state index is 0. The fourth-order valence-corrected chi connectivity index (χ4v) is 0.428. The SMILES string of the molecule is NCCN.O=C(O)CCC(=O)O.O=C(O)CCC(=O)O.[Fe]. The number of carbonyl (C=O) groups is 4. The molecule has 0 aromatic carbocycles. The molecule has 0 rings (SSSR count). The molecule has 0 aliphatic rings. The van der Waals surface area contributed by atoms with E-state index >= 15 is 0 Å². The molecule has 0 fully saturated rings. The monoisotopic (exact) mass is 352 g/mol. The summed E-state index contributed by atoms with van der Waals surface area (Å²) in [5.74, 6) is -4.31. The Bertz CT molecular complexity index is 253. The Hall–Kier alpha value is -1.68. The van der Waals surface area contributed by atoms with Crippen LogP contribution in [0.1, 0.15) is 25.7 Å². The molecule has 8 N–H and O–H groups in total. The largest absolute Gasteiger partial charge is 0.481 e. The zero-order valence-electron chi connectivity index (χ0n) is 11.2. The van der Waals surface area contributed by atoms with Crippen molar-refractivity contribution < 1.29 is 56.7 Å². The second kappa shape index (κ2) is 20.6. The Balaban J connectivity index is -0.000000107. The molecule has 0 spiro atoms. The topological polar surface area (TPSA) is 201 Å². The van der Waals surface area contributed by atoms with Gasteiger partial charge in [0.25, 0.3) is 0 Å². The van der Waals surface area contributed by atoms with Gasteiger partial charge in [0.2, 0.25) is 0 Å². The number of aliphatic carboxylic acids is 4. The fourth-order valence-electron chi connectivity index (χ4n) is 0.428. The second-order valence-electron chi connectivity index (χ2n) is 3.15. The molecular weight excluding hydrogens is 332 g/mol. The molecule has 0 unspecified atom stereocenters. The summed E-state index contributed by atoms with van der Waals surface area (Å²) in [5, 5.41) is 31.6.